The Kier molecular flexibility index (Phi) is 3.49. The summed E-state index contributed by atoms with van der Waals surface area (Å²) in [6, 6.07) is 10.1. The Morgan fingerprint density at radius 3 is 3.00 bits per heavy atom. The number of hydrogen-bond donors (Lipinski definition) is 2. The third-order valence-electron chi connectivity index (χ3n) is 2.30. The summed E-state index contributed by atoms with van der Waals surface area (Å²) in [4.78, 5) is 3.03. The number of rotatable bonds is 5. The highest BCUT2D eigenvalue weighted by molar-refractivity contribution is 5.48. The molecule has 16 heavy (non-hydrogen) atoms. The van der Waals surface area contributed by atoms with Gasteiger partial charge in [-0.25, -0.2) is 0 Å². The molecule has 0 aliphatic carbocycles. The zero-order valence-corrected chi connectivity index (χ0v) is 9.36. The Balaban J connectivity index is 1.96. The highest BCUT2D eigenvalue weighted by Gasteiger charge is 1.96. The van der Waals surface area contributed by atoms with E-state index in [2.05, 4.69) is 16.4 Å². The van der Waals surface area contributed by atoms with E-state index in [1.165, 1.54) is 5.56 Å². The quantitative estimate of drug-likeness (QED) is 0.806. The van der Waals surface area contributed by atoms with E-state index in [-0.39, 0.29) is 0 Å². The molecule has 0 saturated heterocycles. The van der Waals surface area contributed by atoms with Crippen LogP contribution in [0.2, 0.25) is 0 Å². The highest BCUT2D eigenvalue weighted by Crippen LogP contribution is 2.17. The number of ether oxygens (including phenoxy) is 1. The second-order valence-corrected chi connectivity index (χ2v) is 3.53. The fourth-order valence-corrected chi connectivity index (χ4v) is 1.54. The predicted octanol–water partition coefficient (Wildman–Crippen LogP) is 3.03. The minimum Gasteiger partial charge on any atom is -0.494 e. The summed E-state index contributed by atoms with van der Waals surface area (Å²) < 4.78 is 5.44. The molecule has 0 saturated carbocycles. The van der Waals surface area contributed by atoms with Gasteiger partial charge in [-0.05, 0) is 30.7 Å². The van der Waals surface area contributed by atoms with Crippen LogP contribution in [0.1, 0.15) is 12.5 Å². The normalized spacial score (nSPS) is 10.1. The zero-order chi connectivity index (χ0) is 11.2. The fraction of sp³-hybridized carbons (Fsp3) is 0.231. The average Bonchev–Trinajstić information content (AvgIpc) is 2.80. The second-order valence-electron chi connectivity index (χ2n) is 3.53. The van der Waals surface area contributed by atoms with E-state index in [0.29, 0.717) is 6.61 Å². The van der Waals surface area contributed by atoms with Crippen LogP contribution >= 0.6 is 0 Å². The van der Waals surface area contributed by atoms with Crippen molar-refractivity contribution in [1.29, 1.82) is 0 Å². The Hall–Kier alpha value is -1.90. The van der Waals surface area contributed by atoms with Gasteiger partial charge in [0.15, 0.2) is 0 Å². The van der Waals surface area contributed by atoms with Gasteiger partial charge in [0.2, 0.25) is 0 Å². The van der Waals surface area contributed by atoms with Crippen LogP contribution in [0.25, 0.3) is 0 Å². The van der Waals surface area contributed by atoms with Gasteiger partial charge in [0.25, 0.3) is 0 Å². The van der Waals surface area contributed by atoms with Crippen LogP contribution in [0.15, 0.2) is 42.7 Å². The number of nitrogens with one attached hydrogen (secondary N) is 2. The lowest BCUT2D eigenvalue weighted by Gasteiger charge is -2.07. The van der Waals surface area contributed by atoms with Crippen LogP contribution in [-0.4, -0.2) is 11.6 Å². The number of H-pyrrole nitrogens is 1. The van der Waals surface area contributed by atoms with Crippen molar-refractivity contribution < 1.29 is 4.74 Å². The van der Waals surface area contributed by atoms with E-state index >= 15 is 0 Å². The van der Waals surface area contributed by atoms with Gasteiger partial charge in [-0.2, -0.15) is 0 Å². The van der Waals surface area contributed by atoms with E-state index in [9.17, 15) is 0 Å². The summed E-state index contributed by atoms with van der Waals surface area (Å²) in [6.45, 7) is 3.50. The molecule has 0 spiro atoms. The van der Waals surface area contributed by atoms with Crippen molar-refractivity contribution in [3.8, 4) is 5.75 Å². The molecular formula is C13H16N2O. The molecule has 0 fully saturated rings. The summed E-state index contributed by atoms with van der Waals surface area (Å²) in [6.07, 6.45) is 3.91. The van der Waals surface area contributed by atoms with E-state index in [1.54, 1.807) is 0 Å². The first kappa shape index (κ1) is 10.6. The lowest BCUT2D eigenvalue weighted by Crippen LogP contribution is -1.99. The van der Waals surface area contributed by atoms with Crippen molar-refractivity contribution in [3.63, 3.8) is 0 Å². The number of aromatic amines is 1. The third kappa shape index (κ3) is 2.79. The molecule has 1 heterocycles. The Morgan fingerprint density at radius 1 is 1.31 bits per heavy atom. The van der Waals surface area contributed by atoms with Gasteiger partial charge >= 0.3 is 0 Å². The molecule has 1 aromatic carbocycles. The minimum atomic E-state index is 0.696. The maximum absolute atomic E-state index is 5.44. The first-order chi connectivity index (χ1) is 7.88. The van der Waals surface area contributed by atoms with E-state index in [4.69, 9.17) is 4.74 Å². The molecule has 0 unspecified atom stereocenters. The van der Waals surface area contributed by atoms with Crippen molar-refractivity contribution in [2.24, 2.45) is 0 Å². The molecule has 2 aromatic rings. The van der Waals surface area contributed by atoms with Crippen molar-refractivity contribution >= 4 is 5.69 Å². The van der Waals surface area contributed by atoms with Gasteiger partial charge < -0.3 is 15.0 Å². The van der Waals surface area contributed by atoms with Crippen molar-refractivity contribution in [2.75, 3.05) is 11.9 Å². The van der Waals surface area contributed by atoms with E-state index < -0.39 is 0 Å². The second kappa shape index (κ2) is 5.26. The molecule has 0 aliphatic heterocycles. The molecule has 0 bridgehead atoms. The fourth-order valence-electron chi connectivity index (χ4n) is 1.54. The van der Waals surface area contributed by atoms with Crippen LogP contribution in [0.5, 0.6) is 5.75 Å². The lowest BCUT2D eigenvalue weighted by atomic mass is 10.2. The van der Waals surface area contributed by atoms with Crippen LogP contribution in [0.4, 0.5) is 5.69 Å². The Morgan fingerprint density at radius 2 is 2.25 bits per heavy atom. The monoisotopic (exact) mass is 216 g/mol. The molecule has 1 aromatic heterocycles. The molecule has 0 atom stereocenters. The van der Waals surface area contributed by atoms with Gasteiger partial charge in [0, 0.05) is 30.7 Å². The molecule has 2 rings (SSSR count). The van der Waals surface area contributed by atoms with E-state index in [0.717, 1.165) is 18.0 Å². The third-order valence-corrected chi connectivity index (χ3v) is 2.30. The Bertz CT molecular complexity index is 423. The van der Waals surface area contributed by atoms with Crippen LogP contribution in [0.3, 0.4) is 0 Å². The number of benzene rings is 1. The van der Waals surface area contributed by atoms with Gasteiger partial charge in [0.05, 0.1) is 6.61 Å². The summed E-state index contributed by atoms with van der Waals surface area (Å²) in [7, 11) is 0. The van der Waals surface area contributed by atoms with Gasteiger partial charge in [-0.15, -0.1) is 0 Å². The summed E-state index contributed by atoms with van der Waals surface area (Å²) in [5.41, 5.74) is 2.31. The summed E-state index contributed by atoms with van der Waals surface area (Å²) >= 11 is 0. The van der Waals surface area contributed by atoms with Crippen molar-refractivity contribution in [3.05, 3.63) is 48.3 Å². The lowest BCUT2D eigenvalue weighted by molar-refractivity contribution is 0.340. The Labute approximate surface area is 95.5 Å². The standard InChI is InChI=1S/C13H16N2O/c1-2-16-13-5-3-4-12(8-13)15-10-11-6-7-14-9-11/h3-9,14-15H,2,10H2,1H3. The van der Waals surface area contributed by atoms with Gasteiger partial charge in [-0.3, -0.25) is 0 Å². The first-order valence-electron chi connectivity index (χ1n) is 5.47. The summed E-state index contributed by atoms with van der Waals surface area (Å²) in [5, 5.41) is 3.35. The van der Waals surface area contributed by atoms with Crippen LogP contribution < -0.4 is 10.1 Å². The molecule has 0 amide bonds. The molecule has 3 heteroatoms. The van der Waals surface area contributed by atoms with Crippen LogP contribution in [-0.2, 0) is 6.54 Å². The van der Waals surface area contributed by atoms with Crippen molar-refractivity contribution in [1.82, 2.24) is 4.98 Å². The molecule has 2 N–H and O–H groups in total. The van der Waals surface area contributed by atoms with Gasteiger partial charge in [0.1, 0.15) is 5.75 Å². The largest absolute Gasteiger partial charge is 0.494 e. The number of aromatic nitrogens is 1. The SMILES string of the molecule is CCOc1cccc(NCc2cc[nH]c2)c1. The number of anilines is 1. The molecule has 84 valence electrons. The topological polar surface area (TPSA) is 37.0 Å². The smallest absolute Gasteiger partial charge is 0.121 e. The maximum Gasteiger partial charge on any atom is 0.121 e. The minimum absolute atomic E-state index is 0.696. The van der Waals surface area contributed by atoms with Crippen LogP contribution in [0, 0.1) is 0 Å². The molecule has 3 nitrogen and oxygen atoms in total. The average molecular weight is 216 g/mol. The maximum atomic E-state index is 5.44. The molecular weight excluding hydrogens is 200 g/mol. The van der Waals surface area contributed by atoms with E-state index in [1.807, 2.05) is 43.6 Å². The number of hydrogen-bond acceptors (Lipinski definition) is 2. The van der Waals surface area contributed by atoms with Gasteiger partial charge in [-0.1, -0.05) is 6.07 Å². The van der Waals surface area contributed by atoms with Crippen molar-refractivity contribution in [2.45, 2.75) is 13.5 Å². The zero-order valence-electron chi connectivity index (χ0n) is 9.36. The predicted molar refractivity (Wildman–Crippen MR) is 65.7 cm³/mol. The molecule has 0 radical (unpaired) electrons. The molecule has 0 aliphatic rings. The first-order valence-corrected chi connectivity index (χ1v) is 5.47. The summed E-state index contributed by atoms with van der Waals surface area (Å²) in [5.74, 6) is 0.904. The highest BCUT2D eigenvalue weighted by atomic mass is 16.5.